The average Bonchev–Trinajstić information content (AvgIpc) is 2.70. The Balaban J connectivity index is 1.73. The highest BCUT2D eigenvalue weighted by Crippen LogP contribution is 2.46. The molecule has 1 atom stereocenters. The van der Waals surface area contributed by atoms with Crippen LogP contribution in [-0.2, 0) is 27.1 Å². The van der Waals surface area contributed by atoms with Crippen LogP contribution < -0.4 is 0 Å². The number of carbonyl (C=O) groups excluding carboxylic acids is 2. The van der Waals surface area contributed by atoms with Crippen molar-refractivity contribution < 1.29 is 19.1 Å². The number of ether oxygens (including phenoxy) is 2. The van der Waals surface area contributed by atoms with Gasteiger partial charge in [-0.1, -0.05) is 30.3 Å². The van der Waals surface area contributed by atoms with Crippen molar-refractivity contribution in [3.8, 4) is 11.1 Å². The second-order valence-corrected chi connectivity index (χ2v) is 10.8. The molecular formula is C28H33NO4. The lowest BCUT2D eigenvalue weighted by Gasteiger charge is -2.42. The largest absolute Gasteiger partial charge is 0.457 e. The lowest BCUT2D eigenvalue weighted by molar-refractivity contribution is -0.148. The summed E-state index contributed by atoms with van der Waals surface area (Å²) in [5.74, 6) is -0.358. The molecule has 4 rings (SSSR count). The van der Waals surface area contributed by atoms with Crippen LogP contribution in [0.3, 0.4) is 0 Å². The summed E-state index contributed by atoms with van der Waals surface area (Å²) in [7, 11) is 0. The first kappa shape index (κ1) is 23.1. The van der Waals surface area contributed by atoms with Crippen molar-refractivity contribution in [1.82, 2.24) is 4.90 Å². The van der Waals surface area contributed by atoms with E-state index in [1.54, 1.807) is 0 Å². The monoisotopic (exact) mass is 447 g/mol. The van der Waals surface area contributed by atoms with Gasteiger partial charge in [-0.05, 0) is 99.9 Å². The third-order valence-corrected chi connectivity index (χ3v) is 5.79. The van der Waals surface area contributed by atoms with Crippen LogP contribution in [0.2, 0.25) is 0 Å². The molecule has 2 aliphatic rings. The average molecular weight is 448 g/mol. The maximum atomic E-state index is 13.0. The van der Waals surface area contributed by atoms with Crippen molar-refractivity contribution in [2.24, 2.45) is 0 Å². The molecule has 0 radical (unpaired) electrons. The second kappa shape index (κ2) is 8.36. The van der Waals surface area contributed by atoms with E-state index >= 15 is 0 Å². The number of benzene rings is 2. The summed E-state index contributed by atoms with van der Waals surface area (Å²) < 4.78 is 11.1. The summed E-state index contributed by atoms with van der Waals surface area (Å²) in [5, 5.41) is 0. The molecule has 1 amide bonds. The molecule has 5 nitrogen and oxygen atoms in total. The molecule has 0 aromatic heterocycles. The summed E-state index contributed by atoms with van der Waals surface area (Å²) in [4.78, 5) is 27.1. The normalized spacial score (nSPS) is 17.4. The number of amides is 1. The number of carbonyl (C=O) groups is 2. The molecule has 5 heteroatoms. The second-order valence-electron chi connectivity index (χ2n) is 10.8. The Morgan fingerprint density at radius 1 is 0.939 bits per heavy atom. The van der Waals surface area contributed by atoms with Gasteiger partial charge in [-0.2, -0.15) is 0 Å². The number of hydrogen-bond donors (Lipinski definition) is 0. The van der Waals surface area contributed by atoms with Crippen molar-refractivity contribution in [3.63, 3.8) is 0 Å². The molecule has 0 fully saturated rings. The Morgan fingerprint density at radius 3 is 2.33 bits per heavy atom. The Hall–Kier alpha value is -3.08. The maximum Gasteiger partial charge on any atom is 0.410 e. The number of fused-ring (bicyclic) bond motifs is 2. The highest BCUT2D eigenvalue weighted by Gasteiger charge is 2.38. The molecule has 1 heterocycles. The van der Waals surface area contributed by atoms with Crippen molar-refractivity contribution in [2.45, 2.75) is 71.6 Å². The Kier molecular flexibility index (Phi) is 5.85. The van der Waals surface area contributed by atoms with E-state index in [4.69, 9.17) is 9.47 Å². The van der Waals surface area contributed by atoms with Gasteiger partial charge in [0.15, 0.2) is 0 Å². The van der Waals surface area contributed by atoms with Crippen LogP contribution in [0.25, 0.3) is 17.2 Å². The fourth-order valence-electron chi connectivity index (χ4n) is 4.63. The molecule has 0 bridgehead atoms. The van der Waals surface area contributed by atoms with Gasteiger partial charge in [0.05, 0.1) is 6.04 Å². The maximum absolute atomic E-state index is 13.0. The molecule has 0 saturated carbocycles. The highest BCUT2D eigenvalue weighted by molar-refractivity contribution is 5.88. The van der Waals surface area contributed by atoms with Gasteiger partial charge in [0.2, 0.25) is 0 Å². The number of rotatable bonds is 2. The fraction of sp³-hybridized carbons (Fsp3) is 0.429. The lowest BCUT2D eigenvalue weighted by atomic mass is 9.76. The molecule has 1 aliphatic heterocycles. The topological polar surface area (TPSA) is 55.8 Å². The zero-order chi connectivity index (χ0) is 24.0. The van der Waals surface area contributed by atoms with Crippen LogP contribution >= 0.6 is 0 Å². The minimum atomic E-state index is -0.539. The van der Waals surface area contributed by atoms with E-state index in [0.29, 0.717) is 6.54 Å². The molecular weight excluding hydrogens is 414 g/mol. The molecule has 2 aromatic carbocycles. The lowest BCUT2D eigenvalue weighted by Crippen LogP contribution is -2.44. The van der Waals surface area contributed by atoms with E-state index in [1.807, 2.05) is 64.7 Å². The van der Waals surface area contributed by atoms with Gasteiger partial charge in [0.1, 0.15) is 11.2 Å². The van der Waals surface area contributed by atoms with Crippen molar-refractivity contribution in [1.29, 1.82) is 0 Å². The first-order valence-corrected chi connectivity index (χ1v) is 11.6. The first-order chi connectivity index (χ1) is 15.4. The van der Waals surface area contributed by atoms with Gasteiger partial charge in [-0.25, -0.2) is 9.59 Å². The van der Waals surface area contributed by atoms with Crippen molar-refractivity contribution >= 4 is 18.1 Å². The van der Waals surface area contributed by atoms with Gasteiger partial charge in [-0.15, -0.1) is 0 Å². The highest BCUT2D eigenvalue weighted by atomic mass is 16.6. The number of esters is 1. The SMILES string of the molecule is CC(C)(C)OC(=O)/C=C/c1cc2c3c(c1)-c1ccccc1CC3N(C(=O)OC(C)(C)C)CC2. The van der Waals surface area contributed by atoms with E-state index in [-0.39, 0.29) is 18.1 Å². The van der Waals surface area contributed by atoms with E-state index in [0.717, 1.165) is 24.0 Å². The van der Waals surface area contributed by atoms with Crippen LogP contribution in [0.1, 0.15) is 69.8 Å². The number of hydrogen-bond acceptors (Lipinski definition) is 4. The van der Waals surface area contributed by atoms with Gasteiger partial charge in [0, 0.05) is 12.6 Å². The zero-order valence-corrected chi connectivity index (χ0v) is 20.4. The van der Waals surface area contributed by atoms with Gasteiger partial charge in [0.25, 0.3) is 0 Å². The quantitative estimate of drug-likeness (QED) is 0.412. The van der Waals surface area contributed by atoms with E-state index < -0.39 is 11.2 Å². The standard InChI is InChI=1S/C28H33NO4/c1-27(2,3)32-24(30)12-11-18-15-20-13-14-29(26(31)33-28(4,5)6)23-17-19-9-7-8-10-21(19)22(16-18)25(20)23/h7-12,15-16,23H,13-14,17H2,1-6H3/b12-11+. The van der Waals surface area contributed by atoms with E-state index in [2.05, 4.69) is 24.3 Å². The van der Waals surface area contributed by atoms with Gasteiger partial charge in [-0.3, -0.25) is 0 Å². The van der Waals surface area contributed by atoms with Crippen LogP contribution in [0.5, 0.6) is 0 Å². The number of nitrogens with zero attached hydrogens (tertiary/aromatic N) is 1. The van der Waals surface area contributed by atoms with Crippen LogP contribution in [0.4, 0.5) is 4.79 Å². The summed E-state index contributed by atoms with van der Waals surface area (Å²) in [6.07, 6.45) is 4.55. The predicted molar refractivity (Wildman–Crippen MR) is 130 cm³/mol. The van der Waals surface area contributed by atoms with Gasteiger partial charge >= 0.3 is 12.1 Å². The van der Waals surface area contributed by atoms with Crippen molar-refractivity contribution in [2.75, 3.05) is 6.54 Å². The summed E-state index contributed by atoms with van der Waals surface area (Å²) in [5.41, 5.74) is 5.82. The first-order valence-electron chi connectivity index (χ1n) is 11.6. The molecule has 0 saturated heterocycles. The fourth-order valence-corrected chi connectivity index (χ4v) is 4.63. The third-order valence-electron chi connectivity index (χ3n) is 5.79. The third kappa shape index (κ3) is 5.13. The molecule has 1 aliphatic carbocycles. The smallest absolute Gasteiger partial charge is 0.410 e. The minimum absolute atomic E-state index is 0.0580. The molecule has 33 heavy (non-hydrogen) atoms. The van der Waals surface area contributed by atoms with E-state index in [9.17, 15) is 9.59 Å². The van der Waals surface area contributed by atoms with Gasteiger partial charge < -0.3 is 14.4 Å². The molecule has 2 aromatic rings. The van der Waals surface area contributed by atoms with Crippen molar-refractivity contribution in [3.05, 3.63) is 64.7 Å². The Morgan fingerprint density at radius 2 is 1.64 bits per heavy atom. The van der Waals surface area contributed by atoms with Crippen LogP contribution in [0.15, 0.2) is 42.5 Å². The summed E-state index contributed by atoms with van der Waals surface area (Å²) >= 11 is 0. The zero-order valence-electron chi connectivity index (χ0n) is 20.4. The molecule has 1 unspecified atom stereocenters. The predicted octanol–water partition coefficient (Wildman–Crippen LogP) is 6.10. The molecule has 0 N–H and O–H groups in total. The van der Waals surface area contributed by atoms with Crippen LogP contribution in [0, 0.1) is 0 Å². The summed E-state index contributed by atoms with van der Waals surface area (Å²) in [6, 6.07) is 12.5. The van der Waals surface area contributed by atoms with E-state index in [1.165, 1.54) is 28.3 Å². The summed E-state index contributed by atoms with van der Waals surface area (Å²) in [6.45, 7) is 11.9. The minimum Gasteiger partial charge on any atom is -0.457 e. The Bertz CT molecular complexity index is 1120. The van der Waals surface area contributed by atoms with Crippen LogP contribution in [-0.4, -0.2) is 34.7 Å². The Labute approximate surface area is 196 Å². The molecule has 174 valence electrons. The molecule has 0 spiro atoms.